The zero-order valence-corrected chi connectivity index (χ0v) is 65.7. The number of H-pyrrole nitrogens is 1. The van der Waals surface area contributed by atoms with Gasteiger partial charge in [-0.15, -0.1) is 5.10 Å². The molecule has 0 radical (unpaired) electrons. The van der Waals surface area contributed by atoms with Crippen LogP contribution in [-0.4, -0.2) is 215 Å². The summed E-state index contributed by atoms with van der Waals surface area (Å²) in [7, 11) is 6.29. The second-order valence-electron chi connectivity index (χ2n) is 23.5. The van der Waals surface area contributed by atoms with E-state index in [1.54, 1.807) is 52.5 Å². The van der Waals surface area contributed by atoms with Gasteiger partial charge in [-0.3, -0.25) is 45.9 Å². The van der Waals surface area contributed by atoms with Crippen LogP contribution in [0.25, 0.3) is 73.1 Å². The largest absolute Gasteiger partial charge is 0.461 e. The number of hydrazine groups is 1. The first-order chi connectivity index (χ1) is 56.2. The molecule has 30 N–H and O–H groups in total. The van der Waals surface area contributed by atoms with Crippen molar-refractivity contribution < 1.29 is 44.3 Å². The van der Waals surface area contributed by atoms with Crippen molar-refractivity contribution in [2.75, 3.05) is 120 Å². The van der Waals surface area contributed by atoms with Crippen LogP contribution in [-0.2, 0) is 60.9 Å². The van der Waals surface area contributed by atoms with E-state index in [2.05, 4.69) is 95.9 Å². The van der Waals surface area contributed by atoms with Crippen molar-refractivity contribution >= 4 is 196 Å². The van der Waals surface area contributed by atoms with Crippen LogP contribution >= 0.6 is 58.0 Å². The summed E-state index contributed by atoms with van der Waals surface area (Å²) in [6.45, 7) is -0.0843. The molecule has 15 heterocycles. The highest BCUT2D eigenvalue weighted by Crippen LogP contribution is 2.28. The number of aliphatic hydroxyl groups excluding tert-OH is 6. The number of aromatic amines is 1. The summed E-state index contributed by atoms with van der Waals surface area (Å²) in [5.41, 5.74) is 54.5. The molecular weight excluding hydrogens is 1670 g/mol. The Hall–Kier alpha value is -13.6. The Morgan fingerprint density at radius 2 is 0.839 bits per heavy atom. The first-order valence-electron chi connectivity index (χ1n) is 33.6. The third kappa shape index (κ3) is 19.2. The van der Waals surface area contributed by atoms with E-state index in [4.69, 9.17) is 155 Å². The summed E-state index contributed by atoms with van der Waals surface area (Å²) < 4.78 is 23.6. The molecule has 0 atom stereocenters. The quantitative estimate of drug-likeness (QED) is 0.0162. The summed E-state index contributed by atoms with van der Waals surface area (Å²) in [5, 5.41) is 63.8. The topological polar surface area (TPSA) is 804 Å². The molecule has 0 aromatic carbocycles. The van der Waals surface area contributed by atoms with Gasteiger partial charge in [0.05, 0.1) is 91.4 Å². The number of anilines is 12. The zero-order valence-electron chi connectivity index (χ0n) is 61.9. The maximum Gasteiger partial charge on any atom is 0.330 e. The van der Waals surface area contributed by atoms with Gasteiger partial charge < -0.3 is 112 Å². The number of furan rings is 2. The number of imidazole rings is 5. The third-order valence-corrected chi connectivity index (χ3v) is 17.4. The molecule has 58 heteroatoms. The van der Waals surface area contributed by atoms with Crippen LogP contribution in [0.15, 0.2) is 69.6 Å². The number of nitrogen functional groups attached to an aromatic ring is 10. The number of aliphatic hydroxyl groups is 6. The number of ketones is 1. The van der Waals surface area contributed by atoms with Crippen LogP contribution in [0.1, 0.15) is 10.6 Å². The lowest BCUT2D eigenvalue weighted by Crippen LogP contribution is -2.23. The highest BCUT2D eigenvalue weighted by atomic mass is 35.5. The molecule has 0 saturated heterocycles. The number of nitrogens with zero attached hydrogens (tertiary/aromatic N) is 25. The number of carbonyl (C=O) groups is 1. The minimum atomic E-state index is -0.402. The number of aryl methyl sites for hydroxylation is 4. The number of carbonyl (C=O) groups excluding carboxylic acids is 1. The molecule has 15 aromatic rings. The van der Waals surface area contributed by atoms with Gasteiger partial charge in [-0.2, -0.15) is 69.3 Å². The van der Waals surface area contributed by atoms with Crippen LogP contribution < -0.4 is 102 Å². The Labute approximate surface area is 681 Å². The molecule has 0 saturated carbocycles. The average molecular weight is 1740 g/mol. The maximum absolute atomic E-state index is 12.3. The van der Waals surface area contributed by atoms with E-state index in [0.29, 0.717) is 79.8 Å². The van der Waals surface area contributed by atoms with Crippen molar-refractivity contribution in [1.82, 2.24) is 125 Å². The van der Waals surface area contributed by atoms with Crippen LogP contribution in [0.5, 0.6) is 0 Å². The van der Waals surface area contributed by atoms with Gasteiger partial charge in [0, 0.05) is 34.7 Å². The van der Waals surface area contributed by atoms with Gasteiger partial charge in [0.2, 0.25) is 53.2 Å². The van der Waals surface area contributed by atoms with Gasteiger partial charge in [-0.05, 0) is 24.3 Å². The summed E-state index contributed by atoms with van der Waals surface area (Å²) in [4.78, 5) is 129. The number of aromatic nitrogens is 26. The number of hydrogen-bond acceptors (Lipinski definition) is 42. The second kappa shape index (κ2) is 38.7. The lowest BCUT2D eigenvalue weighted by molar-refractivity contribution is 0.0979. The van der Waals surface area contributed by atoms with E-state index in [1.165, 1.54) is 58.1 Å². The minimum Gasteiger partial charge on any atom is -0.461 e. The van der Waals surface area contributed by atoms with Crippen molar-refractivity contribution in [3.8, 4) is 11.6 Å². The van der Waals surface area contributed by atoms with Gasteiger partial charge in [-0.1, -0.05) is 58.0 Å². The number of nitrogens with one attached hydrogen (secondary N) is 4. The van der Waals surface area contributed by atoms with Crippen LogP contribution in [0, 0.1) is 0 Å². The first-order valence-corrected chi connectivity index (χ1v) is 35.5. The molecule has 0 spiro atoms. The number of fused-ring (bicyclic) bond motifs is 7. The predicted octanol–water partition coefficient (Wildman–Crippen LogP) is -3.45. The van der Waals surface area contributed by atoms with Gasteiger partial charge in [0.15, 0.2) is 88.6 Å². The monoisotopic (exact) mass is 1740 g/mol. The van der Waals surface area contributed by atoms with Gasteiger partial charge >= 0.3 is 28.4 Å². The van der Waals surface area contributed by atoms with Crippen LogP contribution in [0.4, 0.5) is 70.5 Å². The molecule has 0 aliphatic carbocycles. The standard InChI is InChI=1S/C14H16N6O4.C13H13N7O3.C8H10ClN5O2.C8H13N7O2.C7H8ClN5O2.C6H10ClN5O.C4H4Cl2N4/c1-19-10-11(16-7-8(22)9-3-2-6-24-9)17-13(15)18-12(10)20(4-5-21)14(19)23;1-18-8-10(19(4-5-21)13(18)22)16-12(14)20-11(8)15-9(17-20)7-3-2-6-23-7;1-13-4-5(9)11-7(10)12-6(4)14(2-3-15)8(13)16;1-14-4-5(13-10)11-7(9)12-6(4)15(2-3-16)8(14)17;8-4-3-5(12-6(9)11-4)13(1-2-14)7(15)10-3;7-4-3(8)5(10-1-2-13)12-6(9)11-4;5-2-1(7)3(6)10-4(8)9-2/h2-3,6,21H,4-5,7H2,1H3,(H3,15,16,17,18);2-3,6,21H,4-5H2,1H3,(H2,14,16);15H,2-3H2,1H3,(H2,10,11,12);16H,2-3,10H2,1H3,(H3,9,11,12,13);14H,1-2H2,(H,10,15)(H2,9,11,12);13H,1-2,8H2,(H3,9,10,11,12);7H2,(H2,8,9,10). The Morgan fingerprint density at radius 1 is 0.432 bits per heavy atom. The van der Waals surface area contributed by atoms with E-state index in [0.717, 1.165) is 0 Å². The van der Waals surface area contributed by atoms with E-state index in [1.807, 2.05) is 0 Å². The molecular formula is C60H74Cl5N39O14. The van der Waals surface area contributed by atoms with Crippen molar-refractivity contribution in [3.63, 3.8) is 0 Å². The van der Waals surface area contributed by atoms with E-state index >= 15 is 0 Å². The zero-order chi connectivity index (χ0) is 86.4. The van der Waals surface area contributed by atoms with Gasteiger partial charge in [0.25, 0.3) is 0 Å². The summed E-state index contributed by atoms with van der Waals surface area (Å²) in [6.07, 6.45) is 2.93. The van der Waals surface area contributed by atoms with Crippen molar-refractivity contribution in [1.29, 1.82) is 0 Å². The van der Waals surface area contributed by atoms with Crippen LogP contribution in [0.2, 0.25) is 25.8 Å². The lowest BCUT2D eigenvalue weighted by atomic mass is 10.3. The lowest BCUT2D eigenvalue weighted by Gasteiger charge is -2.07. The number of Topliss-reactive ketones (excluding diaryl/α,β-unsaturated/α-hetero) is 1. The first kappa shape index (κ1) is 88.3. The second-order valence-corrected chi connectivity index (χ2v) is 25.3. The molecule has 628 valence electrons. The number of rotatable bonds is 19. The molecule has 0 aliphatic rings. The third-order valence-electron chi connectivity index (χ3n) is 16.0. The summed E-state index contributed by atoms with van der Waals surface area (Å²) in [5.74, 6) is 7.04. The fraction of sp³-hybridized carbons (Fsp3) is 0.283. The summed E-state index contributed by atoms with van der Waals surface area (Å²) >= 11 is 28.3. The fourth-order valence-electron chi connectivity index (χ4n) is 10.9. The molecule has 0 amide bonds. The predicted molar refractivity (Wildman–Crippen MR) is 435 cm³/mol. The molecule has 118 heavy (non-hydrogen) atoms. The molecule has 0 unspecified atom stereocenters. The molecule has 0 aliphatic heterocycles. The van der Waals surface area contributed by atoms with E-state index < -0.39 is 5.69 Å². The van der Waals surface area contributed by atoms with Crippen molar-refractivity contribution in [3.05, 3.63) is 121 Å². The molecule has 0 bridgehead atoms. The van der Waals surface area contributed by atoms with E-state index in [-0.39, 0.29) is 209 Å². The van der Waals surface area contributed by atoms with Gasteiger partial charge in [0.1, 0.15) is 39.0 Å². The van der Waals surface area contributed by atoms with Crippen molar-refractivity contribution in [2.24, 2.45) is 34.0 Å². The SMILES string of the molecule is Cn1c(=O)n(CCO)c2nc(N)n3nc(-c4ccco4)nc3c21.Cn1c(=O)n(CCO)c2nc(N)nc(Cl)c21.Cn1c(=O)n(CCO)c2nc(N)nc(NCC(=O)c3ccco3)c21.Cn1c(=O)n(CCO)c2nc(N)nc(NN)c21.Nc1nc(Cl)c(N)c(Cl)n1.Nc1nc(Cl)c(N)c(NCCO)n1.Nc1nc(Cl)c2[nH]c(=O)n(CCO)c2n1. The molecule has 15 aromatic heterocycles. The highest BCUT2D eigenvalue weighted by Gasteiger charge is 2.25. The Bertz CT molecular complexity index is 6420. The fourth-order valence-corrected chi connectivity index (χ4v) is 12.0. The maximum atomic E-state index is 12.3. The number of halogens is 5. The average Bonchev–Trinajstić information content (AvgIpc) is 1.58. The Morgan fingerprint density at radius 3 is 1.33 bits per heavy atom. The van der Waals surface area contributed by atoms with Crippen LogP contribution in [0.3, 0.4) is 0 Å². The number of nitrogens with two attached hydrogens (primary N) is 10. The molecule has 15 rings (SSSR count). The number of hydrogen-bond donors (Lipinski definition) is 20. The Balaban J connectivity index is 0.000000160. The highest BCUT2D eigenvalue weighted by molar-refractivity contribution is 6.37. The summed E-state index contributed by atoms with van der Waals surface area (Å²) in [6, 6.07) is 6.63. The molecule has 0 fully saturated rings. The molecule has 53 nitrogen and oxygen atoms in total. The van der Waals surface area contributed by atoms with Gasteiger partial charge in [-0.25, -0.2) is 34.8 Å². The minimum absolute atomic E-state index is 0.00254. The smallest absolute Gasteiger partial charge is 0.330 e. The Kier molecular flexibility index (Phi) is 29.0. The van der Waals surface area contributed by atoms with Crippen molar-refractivity contribution in [2.45, 2.75) is 32.7 Å². The van der Waals surface area contributed by atoms with E-state index in [9.17, 15) is 28.8 Å². The normalized spacial score (nSPS) is 11.0.